The van der Waals surface area contributed by atoms with Crippen LogP contribution in [0.25, 0.3) is 0 Å². The molecule has 1 aromatic heterocycles. The van der Waals surface area contributed by atoms with E-state index in [1.165, 1.54) is 5.56 Å². The first kappa shape index (κ1) is 20.3. The molecule has 1 aromatic carbocycles. The van der Waals surface area contributed by atoms with Crippen molar-refractivity contribution in [1.82, 2.24) is 15.2 Å². The fourth-order valence-electron chi connectivity index (χ4n) is 3.52. The third-order valence-corrected chi connectivity index (χ3v) is 5.14. The summed E-state index contributed by atoms with van der Waals surface area (Å²) in [6.07, 6.45) is 2.62. The quantitative estimate of drug-likeness (QED) is 0.758. The number of likely N-dealkylation sites (tertiary alicyclic amines) is 1. The number of carbonyl (C=O) groups is 1. The predicted molar refractivity (Wildman–Crippen MR) is 111 cm³/mol. The number of hydrogen-bond donors (Lipinski definition) is 1. The number of rotatable bonds is 8. The lowest BCUT2D eigenvalue weighted by molar-refractivity contribution is -0.129. The van der Waals surface area contributed by atoms with Crippen molar-refractivity contribution >= 4 is 5.91 Å². The first-order valence-corrected chi connectivity index (χ1v) is 10.1. The SMILES string of the molecule is CC(C)COc1cccc(CN2CCC(C)(C(=O)NCc3ccccn3)C2)c1. The Labute approximate surface area is 168 Å². The Kier molecular flexibility index (Phi) is 6.68. The second-order valence-corrected chi connectivity index (χ2v) is 8.38. The monoisotopic (exact) mass is 381 g/mol. The van der Waals surface area contributed by atoms with Gasteiger partial charge in [-0.05, 0) is 55.6 Å². The van der Waals surface area contributed by atoms with E-state index in [1.54, 1.807) is 6.20 Å². The molecule has 150 valence electrons. The molecule has 0 saturated carbocycles. The number of aromatic nitrogens is 1. The smallest absolute Gasteiger partial charge is 0.227 e. The summed E-state index contributed by atoms with van der Waals surface area (Å²) in [5.74, 6) is 1.53. The van der Waals surface area contributed by atoms with Gasteiger partial charge in [0.2, 0.25) is 5.91 Å². The Morgan fingerprint density at radius 1 is 1.29 bits per heavy atom. The van der Waals surface area contributed by atoms with Gasteiger partial charge in [-0.15, -0.1) is 0 Å². The number of nitrogens with zero attached hydrogens (tertiary/aromatic N) is 2. The van der Waals surface area contributed by atoms with E-state index in [4.69, 9.17) is 4.74 Å². The molecule has 1 aliphatic rings. The van der Waals surface area contributed by atoms with Crippen LogP contribution >= 0.6 is 0 Å². The summed E-state index contributed by atoms with van der Waals surface area (Å²) < 4.78 is 5.84. The van der Waals surface area contributed by atoms with Crippen molar-refractivity contribution < 1.29 is 9.53 Å². The predicted octanol–water partition coefficient (Wildman–Crippen LogP) is 3.64. The first-order valence-electron chi connectivity index (χ1n) is 10.1. The van der Waals surface area contributed by atoms with Crippen LogP contribution in [0.4, 0.5) is 0 Å². The summed E-state index contributed by atoms with van der Waals surface area (Å²) in [7, 11) is 0. The standard InChI is InChI=1S/C23H31N3O2/c1-18(2)16-28-21-9-6-7-19(13-21)15-26-12-10-23(3,17-26)22(27)25-14-20-8-4-5-11-24-20/h4-9,11,13,18H,10,12,14-17H2,1-3H3,(H,25,27). The van der Waals surface area contributed by atoms with Crippen molar-refractivity contribution in [3.8, 4) is 5.75 Å². The Hall–Kier alpha value is -2.40. The third kappa shape index (κ3) is 5.55. The minimum atomic E-state index is -0.361. The molecule has 2 heterocycles. The summed E-state index contributed by atoms with van der Waals surface area (Å²) in [4.78, 5) is 19.4. The van der Waals surface area contributed by atoms with Crippen LogP contribution in [0.5, 0.6) is 5.75 Å². The number of benzene rings is 1. The molecule has 1 saturated heterocycles. The minimum Gasteiger partial charge on any atom is -0.493 e. The highest BCUT2D eigenvalue weighted by Crippen LogP contribution is 2.31. The summed E-state index contributed by atoms with van der Waals surface area (Å²) in [5, 5.41) is 3.05. The van der Waals surface area contributed by atoms with Crippen LogP contribution in [-0.4, -0.2) is 35.5 Å². The Morgan fingerprint density at radius 3 is 2.89 bits per heavy atom. The van der Waals surface area contributed by atoms with Crippen LogP contribution in [0.15, 0.2) is 48.7 Å². The van der Waals surface area contributed by atoms with E-state index >= 15 is 0 Å². The lowest BCUT2D eigenvalue weighted by Gasteiger charge is -2.24. The van der Waals surface area contributed by atoms with Crippen LogP contribution < -0.4 is 10.1 Å². The lowest BCUT2D eigenvalue weighted by atomic mass is 9.88. The summed E-state index contributed by atoms with van der Waals surface area (Å²) in [6, 6.07) is 14.0. The van der Waals surface area contributed by atoms with Crippen LogP contribution in [0.1, 0.15) is 38.4 Å². The van der Waals surface area contributed by atoms with Gasteiger partial charge >= 0.3 is 0 Å². The molecule has 0 spiro atoms. The van der Waals surface area contributed by atoms with Gasteiger partial charge in [0.1, 0.15) is 5.75 Å². The molecule has 0 bridgehead atoms. The topological polar surface area (TPSA) is 54.5 Å². The maximum absolute atomic E-state index is 12.8. The van der Waals surface area contributed by atoms with E-state index in [2.05, 4.69) is 48.1 Å². The molecule has 1 amide bonds. The van der Waals surface area contributed by atoms with Crippen molar-refractivity contribution in [2.24, 2.45) is 11.3 Å². The van der Waals surface area contributed by atoms with Crippen molar-refractivity contribution in [3.05, 3.63) is 59.9 Å². The van der Waals surface area contributed by atoms with E-state index in [1.807, 2.05) is 30.3 Å². The number of carbonyl (C=O) groups excluding carboxylic acids is 1. The van der Waals surface area contributed by atoms with Crippen molar-refractivity contribution in [2.75, 3.05) is 19.7 Å². The van der Waals surface area contributed by atoms with Crippen LogP contribution in [0, 0.1) is 11.3 Å². The van der Waals surface area contributed by atoms with Gasteiger partial charge in [0.25, 0.3) is 0 Å². The zero-order chi connectivity index (χ0) is 20.0. The fraction of sp³-hybridized carbons (Fsp3) is 0.478. The summed E-state index contributed by atoms with van der Waals surface area (Å²) in [5.41, 5.74) is 1.74. The first-order chi connectivity index (χ1) is 13.4. The molecule has 28 heavy (non-hydrogen) atoms. The van der Waals surface area contributed by atoms with Crippen LogP contribution in [-0.2, 0) is 17.9 Å². The Balaban J connectivity index is 1.52. The zero-order valence-corrected chi connectivity index (χ0v) is 17.1. The van der Waals surface area contributed by atoms with Gasteiger partial charge in [-0.2, -0.15) is 0 Å². The highest BCUT2D eigenvalue weighted by Gasteiger charge is 2.40. The minimum absolute atomic E-state index is 0.106. The van der Waals surface area contributed by atoms with Gasteiger partial charge < -0.3 is 10.1 Å². The molecule has 0 radical (unpaired) electrons. The van der Waals surface area contributed by atoms with Crippen molar-refractivity contribution in [3.63, 3.8) is 0 Å². The molecule has 1 unspecified atom stereocenters. The molecule has 1 aliphatic heterocycles. The molecule has 1 atom stereocenters. The third-order valence-electron chi connectivity index (χ3n) is 5.14. The van der Waals surface area contributed by atoms with E-state index in [0.29, 0.717) is 12.5 Å². The number of amides is 1. The average Bonchev–Trinajstić information content (AvgIpc) is 3.07. The van der Waals surface area contributed by atoms with Gasteiger partial charge in [0.05, 0.1) is 24.3 Å². The molecule has 0 aliphatic carbocycles. The second kappa shape index (κ2) is 9.20. The zero-order valence-electron chi connectivity index (χ0n) is 17.1. The molecule has 5 heteroatoms. The molecule has 1 fully saturated rings. The lowest BCUT2D eigenvalue weighted by Crippen LogP contribution is -2.40. The maximum Gasteiger partial charge on any atom is 0.227 e. The fourth-order valence-corrected chi connectivity index (χ4v) is 3.52. The highest BCUT2D eigenvalue weighted by molar-refractivity contribution is 5.82. The summed E-state index contributed by atoms with van der Waals surface area (Å²) in [6.45, 7) is 10.1. The average molecular weight is 382 g/mol. The van der Waals surface area contributed by atoms with E-state index in [0.717, 1.165) is 44.1 Å². The van der Waals surface area contributed by atoms with Gasteiger partial charge in [0, 0.05) is 19.3 Å². The molecule has 5 nitrogen and oxygen atoms in total. The van der Waals surface area contributed by atoms with Gasteiger partial charge in [-0.1, -0.05) is 32.0 Å². The maximum atomic E-state index is 12.8. The molecule has 1 N–H and O–H groups in total. The molecular weight excluding hydrogens is 350 g/mol. The summed E-state index contributed by atoms with van der Waals surface area (Å²) >= 11 is 0. The van der Waals surface area contributed by atoms with Gasteiger partial charge in [-0.3, -0.25) is 14.7 Å². The van der Waals surface area contributed by atoms with Crippen LogP contribution in [0.3, 0.4) is 0 Å². The number of pyridine rings is 1. The van der Waals surface area contributed by atoms with Gasteiger partial charge in [0.15, 0.2) is 0 Å². The second-order valence-electron chi connectivity index (χ2n) is 8.38. The van der Waals surface area contributed by atoms with Gasteiger partial charge in [-0.25, -0.2) is 0 Å². The largest absolute Gasteiger partial charge is 0.493 e. The van der Waals surface area contributed by atoms with Crippen LogP contribution in [0.2, 0.25) is 0 Å². The Morgan fingerprint density at radius 2 is 2.14 bits per heavy atom. The number of hydrogen-bond acceptors (Lipinski definition) is 4. The highest BCUT2D eigenvalue weighted by atomic mass is 16.5. The number of ether oxygens (including phenoxy) is 1. The van der Waals surface area contributed by atoms with E-state index < -0.39 is 0 Å². The van der Waals surface area contributed by atoms with E-state index in [9.17, 15) is 4.79 Å². The van der Waals surface area contributed by atoms with Crippen molar-refractivity contribution in [2.45, 2.75) is 40.3 Å². The Bertz CT molecular complexity index is 778. The molecular formula is C23H31N3O2. The molecule has 3 rings (SSSR count). The normalized spacial score (nSPS) is 19.7. The number of nitrogens with one attached hydrogen (secondary N) is 1. The van der Waals surface area contributed by atoms with E-state index in [-0.39, 0.29) is 11.3 Å². The molecule has 2 aromatic rings. The van der Waals surface area contributed by atoms with Crippen molar-refractivity contribution in [1.29, 1.82) is 0 Å².